The van der Waals surface area contributed by atoms with Gasteiger partial charge in [0.05, 0.1) is 12.8 Å². The molecule has 0 fully saturated rings. The van der Waals surface area contributed by atoms with Gasteiger partial charge in [-0.05, 0) is 17.5 Å². The van der Waals surface area contributed by atoms with Gasteiger partial charge in [0.25, 0.3) is 5.56 Å². The maximum atomic E-state index is 11.9. The minimum Gasteiger partial charge on any atom is -0.465 e. The van der Waals surface area contributed by atoms with E-state index in [1.165, 1.54) is 29.1 Å². The standard InChI is InChI=1S/C14H14N2O4S/c1-20-14(19)13-10(6-9-21-13)15-11(17)5-8-16-7-3-2-4-12(16)18/h2-4,6-7,9H,5,8H2,1H3,(H,15,17). The molecule has 6 nitrogen and oxygen atoms in total. The van der Waals surface area contributed by atoms with E-state index in [9.17, 15) is 14.4 Å². The van der Waals surface area contributed by atoms with Gasteiger partial charge >= 0.3 is 5.97 Å². The second-order valence-electron chi connectivity index (χ2n) is 4.19. The number of esters is 1. The normalized spacial score (nSPS) is 10.1. The Morgan fingerprint density at radius 3 is 2.86 bits per heavy atom. The highest BCUT2D eigenvalue weighted by atomic mass is 32.1. The van der Waals surface area contributed by atoms with Gasteiger partial charge in [0, 0.05) is 25.2 Å². The van der Waals surface area contributed by atoms with E-state index in [0.29, 0.717) is 10.6 Å². The Balaban J connectivity index is 1.97. The molecule has 0 unspecified atom stereocenters. The van der Waals surface area contributed by atoms with Crippen molar-refractivity contribution in [2.24, 2.45) is 0 Å². The molecule has 2 aromatic heterocycles. The molecule has 0 atom stereocenters. The first-order valence-electron chi connectivity index (χ1n) is 6.23. The fraction of sp³-hybridized carbons (Fsp3) is 0.214. The van der Waals surface area contributed by atoms with E-state index in [-0.39, 0.29) is 24.4 Å². The van der Waals surface area contributed by atoms with Crippen molar-refractivity contribution in [2.45, 2.75) is 13.0 Å². The summed E-state index contributed by atoms with van der Waals surface area (Å²) in [7, 11) is 1.29. The van der Waals surface area contributed by atoms with E-state index in [1.807, 2.05) is 0 Å². The average Bonchev–Trinajstić information content (AvgIpc) is 2.93. The molecule has 110 valence electrons. The minimum atomic E-state index is -0.487. The predicted molar refractivity (Wildman–Crippen MR) is 79.6 cm³/mol. The van der Waals surface area contributed by atoms with Crippen LogP contribution in [0.5, 0.6) is 0 Å². The number of hydrogen-bond donors (Lipinski definition) is 1. The molecule has 0 spiro atoms. The molecule has 7 heteroatoms. The van der Waals surface area contributed by atoms with Gasteiger partial charge in [0.1, 0.15) is 4.88 Å². The van der Waals surface area contributed by atoms with Gasteiger partial charge in [-0.1, -0.05) is 6.07 Å². The number of aryl methyl sites for hydroxylation is 1. The van der Waals surface area contributed by atoms with Crippen molar-refractivity contribution in [3.8, 4) is 0 Å². The molecule has 0 radical (unpaired) electrons. The molecular formula is C14H14N2O4S. The lowest BCUT2D eigenvalue weighted by atomic mass is 10.3. The zero-order valence-corrected chi connectivity index (χ0v) is 12.2. The van der Waals surface area contributed by atoms with Crippen molar-refractivity contribution in [1.82, 2.24) is 4.57 Å². The Bertz CT molecular complexity index is 705. The third kappa shape index (κ3) is 3.79. The first kappa shape index (κ1) is 15.0. The maximum Gasteiger partial charge on any atom is 0.350 e. The summed E-state index contributed by atoms with van der Waals surface area (Å²) in [6.45, 7) is 0.281. The van der Waals surface area contributed by atoms with Crippen LogP contribution in [-0.2, 0) is 16.1 Å². The topological polar surface area (TPSA) is 77.4 Å². The van der Waals surface area contributed by atoms with Crippen molar-refractivity contribution >= 4 is 28.9 Å². The second kappa shape index (κ2) is 6.85. The Kier molecular flexibility index (Phi) is 4.89. The monoisotopic (exact) mass is 306 g/mol. The quantitative estimate of drug-likeness (QED) is 0.853. The number of nitrogens with one attached hydrogen (secondary N) is 1. The Labute approximate surface area is 125 Å². The van der Waals surface area contributed by atoms with E-state index >= 15 is 0 Å². The molecule has 0 saturated carbocycles. The van der Waals surface area contributed by atoms with Crippen LogP contribution in [0.2, 0.25) is 0 Å². The molecule has 1 N–H and O–H groups in total. The van der Waals surface area contributed by atoms with Crippen LogP contribution >= 0.6 is 11.3 Å². The second-order valence-corrected chi connectivity index (χ2v) is 5.10. The first-order chi connectivity index (χ1) is 10.1. The number of ether oxygens (including phenoxy) is 1. The number of anilines is 1. The summed E-state index contributed by atoms with van der Waals surface area (Å²) in [6.07, 6.45) is 1.76. The summed E-state index contributed by atoms with van der Waals surface area (Å²) >= 11 is 1.20. The highest BCUT2D eigenvalue weighted by Gasteiger charge is 2.15. The molecular weight excluding hydrogens is 292 g/mol. The van der Waals surface area contributed by atoms with Gasteiger partial charge in [0.2, 0.25) is 5.91 Å². The lowest BCUT2D eigenvalue weighted by Crippen LogP contribution is -2.22. The number of hydrogen-bond acceptors (Lipinski definition) is 5. The number of thiophene rings is 1. The zero-order valence-electron chi connectivity index (χ0n) is 11.4. The van der Waals surface area contributed by atoms with Gasteiger partial charge in [-0.25, -0.2) is 4.79 Å². The van der Waals surface area contributed by atoms with E-state index in [4.69, 9.17) is 0 Å². The van der Waals surface area contributed by atoms with Crippen LogP contribution in [-0.4, -0.2) is 23.6 Å². The van der Waals surface area contributed by atoms with Gasteiger partial charge in [-0.2, -0.15) is 0 Å². The van der Waals surface area contributed by atoms with Crippen molar-refractivity contribution < 1.29 is 14.3 Å². The molecule has 2 rings (SSSR count). The summed E-state index contributed by atoms with van der Waals surface area (Å²) in [5, 5.41) is 4.35. The van der Waals surface area contributed by atoms with Crippen molar-refractivity contribution in [1.29, 1.82) is 0 Å². The maximum absolute atomic E-state index is 11.9. The average molecular weight is 306 g/mol. The smallest absolute Gasteiger partial charge is 0.350 e. The number of carbonyl (C=O) groups is 2. The number of pyridine rings is 1. The number of aromatic nitrogens is 1. The van der Waals surface area contributed by atoms with Gasteiger partial charge in [0.15, 0.2) is 0 Å². The molecule has 0 aliphatic carbocycles. The lowest BCUT2D eigenvalue weighted by molar-refractivity contribution is -0.116. The molecule has 21 heavy (non-hydrogen) atoms. The van der Waals surface area contributed by atoms with Crippen LogP contribution in [0, 0.1) is 0 Å². The van der Waals surface area contributed by atoms with Gasteiger partial charge in [-0.3, -0.25) is 9.59 Å². The zero-order chi connectivity index (χ0) is 15.2. The molecule has 2 heterocycles. The summed E-state index contributed by atoms with van der Waals surface area (Å²) in [5.41, 5.74) is 0.272. The molecule has 1 amide bonds. The van der Waals surface area contributed by atoms with Crippen LogP contribution in [0.25, 0.3) is 0 Å². The van der Waals surface area contributed by atoms with Crippen molar-refractivity contribution in [3.05, 3.63) is 51.1 Å². The third-order valence-corrected chi connectivity index (χ3v) is 3.68. The summed E-state index contributed by atoms with van der Waals surface area (Å²) in [6, 6.07) is 6.45. The van der Waals surface area contributed by atoms with Crippen LogP contribution in [0.3, 0.4) is 0 Å². The van der Waals surface area contributed by atoms with Gasteiger partial charge in [-0.15, -0.1) is 11.3 Å². The van der Waals surface area contributed by atoms with Gasteiger partial charge < -0.3 is 14.6 Å². The largest absolute Gasteiger partial charge is 0.465 e. The minimum absolute atomic E-state index is 0.139. The fourth-order valence-electron chi connectivity index (χ4n) is 1.74. The number of amides is 1. The summed E-state index contributed by atoms with van der Waals surface area (Å²) < 4.78 is 6.09. The highest BCUT2D eigenvalue weighted by Crippen LogP contribution is 2.23. The van der Waals surface area contributed by atoms with Crippen molar-refractivity contribution in [3.63, 3.8) is 0 Å². The van der Waals surface area contributed by atoms with E-state index in [0.717, 1.165) is 0 Å². The Morgan fingerprint density at radius 1 is 1.33 bits per heavy atom. The molecule has 0 aliphatic rings. The van der Waals surface area contributed by atoms with Crippen LogP contribution < -0.4 is 10.9 Å². The highest BCUT2D eigenvalue weighted by molar-refractivity contribution is 7.12. The Morgan fingerprint density at radius 2 is 2.14 bits per heavy atom. The first-order valence-corrected chi connectivity index (χ1v) is 7.11. The number of rotatable bonds is 5. The van der Waals surface area contributed by atoms with E-state index < -0.39 is 5.97 Å². The van der Waals surface area contributed by atoms with Crippen LogP contribution in [0.1, 0.15) is 16.1 Å². The third-order valence-electron chi connectivity index (χ3n) is 2.79. The van der Waals surface area contributed by atoms with E-state index in [1.54, 1.807) is 29.8 Å². The molecule has 0 saturated heterocycles. The molecule has 0 aromatic carbocycles. The summed E-state index contributed by atoms with van der Waals surface area (Å²) in [4.78, 5) is 35.2. The molecule has 2 aromatic rings. The predicted octanol–water partition coefficient (Wildman–Crippen LogP) is 1.73. The number of carbonyl (C=O) groups excluding carboxylic acids is 2. The van der Waals surface area contributed by atoms with E-state index in [2.05, 4.69) is 10.1 Å². The van der Waals surface area contributed by atoms with Crippen molar-refractivity contribution in [2.75, 3.05) is 12.4 Å². The Hall–Kier alpha value is -2.41. The van der Waals surface area contributed by atoms with Crippen LogP contribution in [0.4, 0.5) is 5.69 Å². The lowest BCUT2D eigenvalue weighted by Gasteiger charge is -2.07. The molecule has 0 aliphatic heterocycles. The fourth-order valence-corrected chi connectivity index (χ4v) is 2.50. The number of methoxy groups -OCH3 is 1. The molecule has 0 bridgehead atoms. The van der Waals surface area contributed by atoms with Crippen LogP contribution in [0.15, 0.2) is 40.6 Å². The summed E-state index contributed by atoms with van der Waals surface area (Å²) in [5.74, 6) is -0.756. The number of nitrogens with zero attached hydrogens (tertiary/aromatic N) is 1. The SMILES string of the molecule is COC(=O)c1sccc1NC(=O)CCn1ccccc1=O.